The topological polar surface area (TPSA) is 67.6 Å². The zero-order valence-electron chi connectivity index (χ0n) is 13.4. The monoisotopic (exact) mass is 331 g/mol. The van der Waals surface area contributed by atoms with E-state index in [1.54, 1.807) is 43.4 Å². The lowest BCUT2D eigenvalue weighted by atomic mass is 10.0. The number of fused-ring (bicyclic) bond motifs is 2. The normalized spacial score (nSPS) is 15.0. The van der Waals surface area contributed by atoms with Gasteiger partial charge >= 0.3 is 5.63 Å². The van der Waals surface area contributed by atoms with Crippen molar-refractivity contribution in [1.82, 2.24) is 0 Å². The maximum Gasteiger partial charge on any atom is 0.347 e. The minimum atomic E-state index is -0.715. The molecule has 0 fully saturated rings. The van der Waals surface area contributed by atoms with Crippen LogP contribution in [0.3, 0.4) is 0 Å². The quantitative estimate of drug-likeness (QED) is 0.411. The first-order chi connectivity index (χ1) is 12.1. The number of benzene rings is 2. The van der Waals surface area contributed by atoms with Crippen molar-refractivity contribution in [1.29, 1.82) is 0 Å². The second-order valence-electron chi connectivity index (χ2n) is 5.79. The van der Waals surface area contributed by atoms with E-state index in [2.05, 4.69) is 0 Å². The number of likely N-dealkylation sites (N-methyl/N-ethyl adjacent to an activating group) is 1. The van der Waals surface area contributed by atoms with Crippen LogP contribution in [0.5, 0.6) is 0 Å². The minimum Gasteiger partial charge on any atom is -0.422 e. The molecule has 0 aliphatic carbocycles. The Bertz CT molecular complexity index is 1120. The van der Waals surface area contributed by atoms with Gasteiger partial charge in [0, 0.05) is 18.0 Å². The van der Waals surface area contributed by atoms with Gasteiger partial charge in [0.05, 0.1) is 11.3 Å². The maximum absolute atomic E-state index is 12.6. The van der Waals surface area contributed by atoms with Gasteiger partial charge in [-0.25, -0.2) is 4.79 Å². The zero-order chi connectivity index (χ0) is 17.6. The number of anilines is 1. The average Bonchev–Trinajstić information content (AvgIpc) is 2.86. The van der Waals surface area contributed by atoms with E-state index in [1.165, 1.54) is 17.0 Å². The van der Waals surface area contributed by atoms with Gasteiger partial charge in [-0.15, -0.1) is 0 Å². The van der Waals surface area contributed by atoms with Gasteiger partial charge in [-0.1, -0.05) is 36.4 Å². The van der Waals surface area contributed by atoms with Crippen LogP contribution in [0.25, 0.3) is 16.5 Å². The molecule has 0 spiro atoms. The Kier molecular flexibility index (Phi) is 3.35. The Morgan fingerprint density at radius 2 is 1.76 bits per heavy atom. The maximum atomic E-state index is 12.6. The third kappa shape index (κ3) is 2.37. The lowest BCUT2D eigenvalue weighted by molar-refractivity contribution is -0.112. The summed E-state index contributed by atoms with van der Waals surface area (Å²) in [5, 5.41) is 0.652. The summed E-state index contributed by atoms with van der Waals surface area (Å²) in [6.45, 7) is 0. The molecule has 0 N–H and O–H groups in total. The lowest BCUT2D eigenvalue weighted by Crippen LogP contribution is -2.21. The molecule has 122 valence electrons. The highest BCUT2D eigenvalue weighted by atomic mass is 16.4. The Balaban J connectivity index is 1.83. The van der Waals surface area contributed by atoms with Crippen molar-refractivity contribution in [3.63, 3.8) is 0 Å². The fourth-order valence-corrected chi connectivity index (χ4v) is 2.98. The third-order valence-corrected chi connectivity index (χ3v) is 4.27. The molecule has 0 atom stereocenters. The van der Waals surface area contributed by atoms with Crippen LogP contribution in [0, 0.1) is 0 Å². The van der Waals surface area contributed by atoms with E-state index < -0.39 is 11.4 Å². The van der Waals surface area contributed by atoms with Crippen molar-refractivity contribution in [2.45, 2.75) is 0 Å². The van der Waals surface area contributed by atoms with Crippen molar-refractivity contribution in [2.75, 3.05) is 11.9 Å². The van der Waals surface area contributed by atoms with Gasteiger partial charge in [0.15, 0.2) is 5.78 Å². The van der Waals surface area contributed by atoms with Crippen LogP contribution >= 0.6 is 0 Å². The summed E-state index contributed by atoms with van der Waals surface area (Å²) in [6, 6.07) is 15.7. The molecular weight excluding hydrogens is 318 g/mol. The van der Waals surface area contributed by atoms with Crippen LogP contribution in [0.4, 0.5) is 5.69 Å². The molecule has 25 heavy (non-hydrogen) atoms. The van der Waals surface area contributed by atoms with Crippen molar-refractivity contribution in [3.05, 3.63) is 82.2 Å². The highest BCUT2D eigenvalue weighted by Crippen LogP contribution is 2.35. The summed E-state index contributed by atoms with van der Waals surface area (Å²) in [5.41, 5.74) is 1.29. The molecule has 0 radical (unpaired) electrons. The van der Waals surface area contributed by atoms with Crippen molar-refractivity contribution < 1.29 is 14.0 Å². The molecule has 0 saturated heterocycles. The molecular formula is C20H13NO4. The predicted molar refractivity (Wildman–Crippen MR) is 94.6 cm³/mol. The first-order valence-corrected chi connectivity index (χ1v) is 7.72. The van der Waals surface area contributed by atoms with E-state index in [9.17, 15) is 14.4 Å². The van der Waals surface area contributed by atoms with Gasteiger partial charge in [0.1, 0.15) is 11.1 Å². The van der Waals surface area contributed by atoms with Crippen molar-refractivity contribution >= 4 is 33.9 Å². The highest BCUT2D eigenvalue weighted by Gasteiger charge is 2.30. The minimum absolute atomic E-state index is 0.0916. The summed E-state index contributed by atoms with van der Waals surface area (Å²) >= 11 is 0. The van der Waals surface area contributed by atoms with Gasteiger partial charge in [0.2, 0.25) is 0 Å². The SMILES string of the molecule is CN1C(=O)/C(=C\C(=O)c2cc3ccccc3oc2=O)c2ccccc21. The van der Waals surface area contributed by atoms with Gasteiger partial charge in [-0.2, -0.15) is 0 Å². The fraction of sp³-hybridized carbons (Fsp3) is 0.0500. The number of hydrogen-bond donors (Lipinski definition) is 0. The molecule has 4 rings (SSSR count). The summed E-state index contributed by atoms with van der Waals surface area (Å²) in [4.78, 5) is 38.7. The second-order valence-corrected chi connectivity index (χ2v) is 5.79. The molecule has 5 nitrogen and oxygen atoms in total. The Hall–Kier alpha value is -3.47. The number of ketones is 1. The van der Waals surface area contributed by atoms with Crippen LogP contribution in [0.15, 0.2) is 69.9 Å². The molecule has 1 aliphatic heterocycles. The Labute approximate surface area is 142 Å². The number of para-hydroxylation sites is 2. The standard InChI is InChI=1S/C20H13NO4/c1-21-16-8-4-3-7-13(16)14(19(21)23)11-17(22)15-10-12-6-2-5-9-18(12)25-20(15)24/h2-11H,1H3/b14-11-. The van der Waals surface area contributed by atoms with E-state index in [4.69, 9.17) is 4.42 Å². The van der Waals surface area contributed by atoms with E-state index in [0.29, 0.717) is 16.5 Å². The smallest absolute Gasteiger partial charge is 0.347 e. The number of carbonyl (C=O) groups is 2. The number of nitrogens with zero attached hydrogens (tertiary/aromatic N) is 1. The van der Waals surface area contributed by atoms with E-state index in [-0.39, 0.29) is 17.0 Å². The molecule has 0 saturated carbocycles. The molecule has 0 unspecified atom stereocenters. The number of hydrogen-bond acceptors (Lipinski definition) is 4. The largest absolute Gasteiger partial charge is 0.422 e. The molecule has 1 aromatic heterocycles. The van der Waals surface area contributed by atoms with Crippen LogP contribution < -0.4 is 10.5 Å². The molecule has 5 heteroatoms. The predicted octanol–water partition coefficient (Wildman–Crippen LogP) is 3.04. The molecule has 2 heterocycles. The first kappa shape index (κ1) is 15.1. The molecule has 3 aromatic rings. The number of rotatable bonds is 2. The van der Waals surface area contributed by atoms with Gasteiger partial charge < -0.3 is 9.32 Å². The Morgan fingerprint density at radius 1 is 1.04 bits per heavy atom. The molecule has 2 aromatic carbocycles. The average molecular weight is 331 g/mol. The first-order valence-electron chi connectivity index (χ1n) is 7.72. The zero-order valence-corrected chi connectivity index (χ0v) is 13.4. The van der Waals surface area contributed by atoms with Crippen LogP contribution in [-0.4, -0.2) is 18.7 Å². The summed E-state index contributed by atoms with van der Waals surface area (Å²) in [6.07, 6.45) is 1.21. The lowest BCUT2D eigenvalue weighted by Gasteiger charge is -2.07. The summed E-state index contributed by atoms with van der Waals surface area (Å²) in [5.74, 6) is -0.826. The molecule has 1 aliphatic rings. The van der Waals surface area contributed by atoms with Crippen LogP contribution in [0.2, 0.25) is 0 Å². The second kappa shape index (κ2) is 5.56. The van der Waals surface area contributed by atoms with Gasteiger partial charge in [-0.05, 0) is 24.3 Å². The van der Waals surface area contributed by atoms with E-state index in [0.717, 1.165) is 5.69 Å². The third-order valence-electron chi connectivity index (χ3n) is 4.27. The van der Waals surface area contributed by atoms with Crippen LogP contribution in [0.1, 0.15) is 15.9 Å². The van der Waals surface area contributed by atoms with Crippen LogP contribution in [-0.2, 0) is 4.79 Å². The van der Waals surface area contributed by atoms with Crippen molar-refractivity contribution in [2.24, 2.45) is 0 Å². The molecule has 1 amide bonds. The summed E-state index contributed by atoms with van der Waals surface area (Å²) in [7, 11) is 1.65. The number of allylic oxidation sites excluding steroid dienone is 1. The summed E-state index contributed by atoms with van der Waals surface area (Å²) < 4.78 is 5.19. The fourth-order valence-electron chi connectivity index (χ4n) is 2.98. The number of amides is 1. The highest BCUT2D eigenvalue weighted by molar-refractivity contribution is 6.35. The van der Waals surface area contributed by atoms with Crippen molar-refractivity contribution in [3.8, 4) is 0 Å². The van der Waals surface area contributed by atoms with E-state index in [1.807, 2.05) is 12.1 Å². The van der Waals surface area contributed by atoms with E-state index >= 15 is 0 Å². The Morgan fingerprint density at radius 3 is 2.60 bits per heavy atom. The van der Waals surface area contributed by atoms with Gasteiger partial charge in [0.25, 0.3) is 5.91 Å². The van der Waals surface area contributed by atoms with Gasteiger partial charge in [-0.3, -0.25) is 9.59 Å². The number of carbonyl (C=O) groups excluding carboxylic acids is 2. The molecule has 0 bridgehead atoms.